The molecule has 0 spiro atoms. The summed E-state index contributed by atoms with van der Waals surface area (Å²) in [5, 5.41) is 9.71. The molecule has 2 aliphatic rings. The summed E-state index contributed by atoms with van der Waals surface area (Å²) in [7, 11) is 0. The van der Waals surface area contributed by atoms with Crippen LogP contribution in [0.25, 0.3) is 0 Å². The molecule has 3 rings (SSSR count). The van der Waals surface area contributed by atoms with Gasteiger partial charge in [0.15, 0.2) is 0 Å². The summed E-state index contributed by atoms with van der Waals surface area (Å²) in [4.78, 5) is 36.0. The molecule has 8 nitrogen and oxygen atoms in total. The number of hydrogen-bond donors (Lipinski definition) is 1. The summed E-state index contributed by atoms with van der Waals surface area (Å²) in [5.74, 6) is 0.570. The number of amides is 2. The third-order valence-corrected chi connectivity index (χ3v) is 3.99. The van der Waals surface area contributed by atoms with Gasteiger partial charge in [-0.3, -0.25) is 9.59 Å². The molecule has 0 saturated carbocycles. The van der Waals surface area contributed by atoms with Crippen LogP contribution < -0.4 is 4.90 Å². The number of hydrogen-bond acceptors (Lipinski definition) is 6. The van der Waals surface area contributed by atoms with Crippen LogP contribution in [0.2, 0.25) is 0 Å². The first-order valence-electron chi connectivity index (χ1n) is 7.06. The van der Waals surface area contributed by atoms with Gasteiger partial charge in [-0.1, -0.05) is 6.58 Å². The predicted octanol–water partition coefficient (Wildman–Crippen LogP) is -0.511. The Labute approximate surface area is 127 Å². The van der Waals surface area contributed by atoms with Crippen molar-refractivity contribution in [1.82, 2.24) is 19.8 Å². The molecule has 1 aromatic heterocycles. The van der Waals surface area contributed by atoms with Crippen LogP contribution in [0.4, 0.5) is 5.82 Å². The Morgan fingerprint density at radius 2 is 1.91 bits per heavy atom. The highest BCUT2D eigenvalue weighted by Gasteiger charge is 2.29. The normalized spacial score (nSPS) is 17.4. The van der Waals surface area contributed by atoms with E-state index in [9.17, 15) is 14.7 Å². The molecule has 2 amide bonds. The number of carbonyl (C=O) groups is 2. The second-order valence-corrected chi connectivity index (χ2v) is 5.30. The lowest BCUT2D eigenvalue weighted by molar-refractivity contribution is -0.126. The molecular weight excluding hydrogens is 286 g/mol. The molecular formula is C14H17N5O3. The number of carbonyl (C=O) groups excluding carboxylic acids is 2. The molecule has 0 atom stereocenters. The molecule has 0 bridgehead atoms. The summed E-state index contributed by atoms with van der Waals surface area (Å²) in [6, 6.07) is -0.286. The molecule has 0 radical (unpaired) electrons. The van der Waals surface area contributed by atoms with Gasteiger partial charge in [0.1, 0.15) is 5.82 Å². The Balaban J connectivity index is 1.81. The summed E-state index contributed by atoms with van der Waals surface area (Å²) in [6.45, 7) is 6.69. The van der Waals surface area contributed by atoms with Gasteiger partial charge < -0.3 is 19.8 Å². The molecule has 0 unspecified atom stereocenters. The smallest absolute Gasteiger partial charge is 0.316 e. The van der Waals surface area contributed by atoms with E-state index in [4.69, 9.17) is 0 Å². The van der Waals surface area contributed by atoms with E-state index in [0.29, 0.717) is 50.8 Å². The molecule has 1 fully saturated rings. The summed E-state index contributed by atoms with van der Waals surface area (Å²) < 4.78 is 0. The minimum Gasteiger partial charge on any atom is -0.479 e. The van der Waals surface area contributed by atoms with Crippen molar-refractivity contribution in [3.8, 4) is 6.01 Å². The van der Waals surface area contributed by atoms with Crippen molar-refractivity contribution in [3.05, 3.63) is 23.9 Å². The average Bonchev–Trinajstić information content (AvgIpc) is 2.96. The Bertz CT molecular complexity index is 625. The zero-order chi connectivity index (χ0) is 15.7. The standard InChI is InChI=1S/C14H17N5O3/c1-2-12(21)18-3-5-19(6-4-18)13-10-7-17(9-20)8-11(10)15-14(22)16-13/h2,9H,1,3-8H2,(H,15,16,22). The lowest BCUT2D eigenvalue weighted by atomic mass is 10.2. The Hall–Kier alpha value is -2.64. The number of piperazine rings is 1. The van der Waals surface area contributed by atoms with Crippen molar-refractivity contribution in [2.45, 2.75) is 13.1 Å². The molecule has 1 aromatic rings. The molecule has 3 heterocycles. The van der Waals surface area contributed by atoms with Crippen LogP contribution >= 0.6 is 0 Å². The fourth-order valence-electron chi connectivity index (χ4n) is 2.85. The van der Waals surface area contributed by atoms with E-state index in [2.05, 4.69) is 16.5 Å². The number of rotatable bonds is 3. The van der Waals surface area contributed by atoms with E-state index in [-0.39, 0.29) is 11.9 Å². The van der Waals surface area contributed by atoms with Crippen LogP contribution in [0.5, 0.6) is 6.01 Å². The zero-order valence-corrected chi connectivity index (χ0v) is 12.1. The van der Waals surface area contributed by atoms with E-state index in [1.54, 1.807) is 9.80 Å². The molecule has 0 aromatic carbocycles. The van der Waals surface area contributed by atoms with Gasteiger partial charge in [0.25, 0.3) is 0 Å². The second-order valence-electron chi connectivity index (χ2n) is 5.30. The van der Waals surface area contributed by atoms with E-state index < -0.39 is 0 Å². The highest BCUT2D eigenvalue weighted by molar-refractivity contribution is 5.87. The Morgan fingerprint density at radius 1 is 1.18 bits per heavy atom. The van der Waals surface area contributed by atoms with E-state index >= 15 is 0 Å². The second kappa shape index (κ2) is 5.63. The van der Waals surface area contributed by atoms with Crippen LogP contribution in [0.15, 0.2) is 12.7 Å². The van der Waals surface area contributed by atoms with Crippen molar-refractivity contribution >= 4 is 18.1 Å². The van der Waals surface area contributed by atoms with Gasteiger partial charge in [-0.15, -0.1) is 0 Å². The number of aromatic hydroxyl groups is 1. The van der Waals surface area contributed by atoms with Crippen LogP contribution in [0.3, 0.4) is 0 Å². The number of fused-ring (bicyclic) bond motifs is 1. The molecule has 8 heteroatoms. The van der Waals surface area contributed by atoms with E-state index in [1.807, 2.05) is 4.90 Å². The van der Waals surface area contributed by atoms with Gasteiger partial charge in [0, 0.05) is 31.7 Å². The first-order valence-corrected chi connectivity index (χ1v) is 7.06. The highest BCUT2D eigenvalue weighted by atomic mass is 16.3. The van der Waals surface area contributed by atoms with Crippen molar-refractivity contribution in [3.63, 3.8) is 0 Å². The topological polar surface area (TPSA) is 89.9 Å². The SMILES string of the molecule is C=CC(=O)N1CCN(c2nc(O)nc3c2CN(C=O)C3)CC1. The Morgan fingerprint density at radius 3 is 2.55 bits per heavy atom. The van der Waals surface area contributed by atoms with Gasteiger partial charge in [-0.05, 0) is 6.08 Å². The maximum atomic E-state index is 11.6. The number of nitrogens with zero attached hydrogens (tertiary/aromatic N) is 5. The van der Waals surface area contributed by atoms with Crippen LogP contribution in [-0.2, 0) is 22.7 Å². The van der Waals surface area contributed by atoms with E-state index in [0.717, 1.165) is 12.0 Å². The molecule has 2 aliphatic heterocycles. The fourth-order valence-corrected chi connectivity index (χ4v) is 2.85. The molecule has 0 aliphatic carbocycles. The maximum Gasteiger partial charge on any atom is 0.316 e. The third kappa shape index (κ3) is 2.47. The number of aromatic nitrogens is 2. The van der Waals surface area contributed by atoms with Gasteiger partial charge in [0.05, 0.1) is 18.8 Å². The lowest BCUT2D eigenvalue weighted by Crippen LogP contribution is -2.48. The Kier molecular flexibility index (Phi) is 3.66. The third-order valence-electron chi connectivity index (χ3n) is 3.99. The van der Waals surface area contributed by atoms with Crippen molar-refractivity contribution in [2.75, 3.05) is 31.1 Å². The van der Waals surface area contributed by atoms with Crippen LogP contribution in [0.1, 0.15) is 11.3 Å². The van der Waals surface area contributed by atoms with Gasteiger partial charge in [-0.25, -0.2) is 0 Å². The van der Waals surface area contributed by atoms with Gasteiger partial charge in [0.2, 0.25) is 12.3 Å². The first-order chi connectivity index (χ1) is 10.6. The quantitative estimate of drug-likeness (QED) is 0.597. The lowest BCUT2D eigenvalue weighted by Gasteiger charge is -2.35. The first kappa shape index (κ1) is 14.3. The monoisotopic (exact) mass is 303 g/mol. The van der Waals surface area contributed by atoms with Gasteiger partial charge >= 0.3 is 6.01 Å². The summed E-state index contributed by atoms with van der Waals surface area (Å²) in [5.41, 5.74) is 1.55. The summed E-state index contributed by atoms with van der Waals surface area (Å²) >= 11 is 0. The molecule has 22 heavy (non-hydrogen) atoms. The van der Waals surface area contributed by atoms with E-state index in [1.165, 1.54) is 6.08 Å². The number of anilines is 1. The van der Waals surface area contributed by atoms with Crippen LogP contribution in [0, 0.1) is 0 Å². The molecule has 1 N–H and O–H groups in total. The maximum absolute atomic E-state index is 11.6. The molecule has 1 saturated heterocycles. The molecule has 116 valence electrons. The minimum atomic E-state index is -0.286. The van der Waals surface area contributed by atoms with Crippen molar-refractivity contribution in [1.29, 1.82) is 0 Å². The average molecular weight is 303 g/mol. The van der Waals surface area contributed by atoms with Gasteiger partial charge in [-0.2, -0.15) is 9.97 Å². The minimum absolute atomic E-state index is 0.0810. The van der Waals surface area contributed by atoms with Crippen LogP contribution in [-0.4, -0.2) is 63.4 Å². The van der Waals surface area contributed by atoms with Crippen molar-refractivity contribution in [2.24, 2.45) is 0 Å². The predicted molar refractivity (Wildman–Crippen MR) is 78.0 cm³/mol. The largest absolute Gasteiger partial charge is 0.479 e. The highest BCUT2D eigenvalue weighted by Crippen LogP contribution is 2.30. The summed E-state index contributed by atoms with van der Waals surface area (Å²) in [6.07, 6.45) is 2.08. The van der Waals surface area contributed by atoms with Crippen molar-refractivity contribution < 1.29 is 14.7 Å². The fraction of sp³-hybridized carbons (Fsp3) is 0.429. The zero-order valence-electron chi connectivity index (χ0n) is 12.1.